The fourth-order valence-corrected chi connectivity index (χ4v) is 10.3. The highest BCUT2D eigenvalue weighted by atomic mass is 32.1. The van der Waals surface area contributed by atoms with E-state index in [1.54, 1.807) is 0 Å². The monoisotopic (exact) mass is 820 g/mol. The minimum atomic E-state index is 1.11. The molecule has 0 spiro atoms. The second kappa shape index (κ2) is 15.5. The van der Waals surface area contributed by atoms with Gasteiger partial charge in [0.25, 0.3) is 0 Å². The van der Waals surface area contributed by atoms with Crippen LogP contribution in [-0.4, -0.2) is 4.57 Å². The van der Waals surface area contributed by atoms with Crippen molar-refractivity contribution < 1.29 is 0 Å². The number of fused-ring (bicyclic) bond motifs is 6. The first-order valence-corrected chi connectivity index (χ1v) is 22.3. The van der Waals surface area contributed by atoms with Gasteiger partial charge in [0.15, 0.2) is 0 Å². The lowest BCUT2D eigenvalue weighted by Crippen LogP contribution is -2.09. The molecule has 0 N–H and O–H groups in total. The molecule has 0 fully saturated rings. The average molecular weight is 821 g/mol. The molecule has 0 radical (unpaired) electrons. The van der Waals surface area contributed by atoms with Crippen LogP contribution in [0.3, 0.4) is 0 Å². The predicted octanol–water partition coefficient (Wildman–Crippen LogP) is 17.3. The number of nitrogens with zero attached hydrogens (tertiary/aromatic N) is 2. The Hall–Kier alpha value is -7.98. The Morgan fingerprint density at radius 3 is 1.37 bits per heavy atom. The van der Waals surface area contributed by atoms with Crippen LogP contribution in [0.5, 0.6) is 0 Å². The molecule has 0 unspecified atom stereocenters. The topological polar surface area (TPSA) is 8.17 Å². The molecule has 0 amide bonds. The maximum Gasteiger partial charge on any atom is 0.0547 e. The van der Waals surface area contributed by atoms with Crippen molar-refractivity contribution in [2.45, 2.75) is 0 Å². The summed E-state index contributed by atoms with van der Waals surface area (Å²) < 4.78 is 4.99. The van der Waals surface area contributed by atoms with E-state index in [1.807, 2.05) is 11.3 Å². The molecule has 0 aliphatic heterocycles. The van der Waals surface area contributed by atoms with Crippen LogP contribution in [-0.2, 0) is 0 Å². The summed E-state index contributed by atoms with van der Waals surface area (Å²) >= 11 is 1.86. The van der Waals surface area contributed by atoms with Gasteiger partial charge in [0.1, 0.15) is 0 Å². The van der Waals surface area contributed by atoms with Gasteiger partial charge in [-0.2, -0.15) is 0 Å². The number of benzene rings is 10. The third-order valence-electron chi connectivity index (χ3n) is 12.4. The number of thiophene rings is 1. The minimum Gasteiger partial charge on any atom is -0.310 e. The van der Waals surface area contributed by atoms with Crippen molar-refractivity contribution in [1.29, 1.82) is 0 Å². The van der Waals surface area contributed by atoms with E-state index in [1.165, 1.54) is 86.5 Å². The highest BCUT2D eigenvalue weighted by Crippen LogP contribution is 2.43. The van der Waals surface area contributed by atoms with Crippen molar-refractivity contribution in [3.05, 3.63) is 243 Å². The van der Waals surface area contributed by atoms with Crippen LogP contribution in [0.25, 0.3) is 92.2 Å². The molecule has 3 heteroatoms. The SMILES string of the molecule is c1ccc(-c2ccc(N(c3ccc(-c4ccccc4)cc3)c3ccc4sc5ccc(-c6ccc7c8ccccc8n(-c8cccc(-c9ccccc9)c8)c7c6)cc5c4c3)cc2)cc1. The Balaban J connectivity index is 0.971. The van der Waals surface area contributed by atoms with Gasteiger partial charge in [-0.15, -0.1) is 11.3 Å². The Labute approximate surface area is 370 Å². The van der Waals surface area contributed by atoms with Gasteiger partial charge in [-0.3, -0.25) is 0 Å². The number of rotatable bonds is 8. The van der Waals surface area contributed by atoms with E-state index in [-0.39, 0.29) is 0 Å². The van der Waals surface area contributed by atoms with Crippen molar-refractivity contribution >= 4 is 70.4 Å². The van der Waals surface area contributed by atoms with Gasteiger partial charge >= 0.3 is 0 Å². The fraction of sp³-hybridized carbons (Fsp3) is 0. The predicted molar refractivity (Wildman–Crippen MR) is 270 cm³/mol. The molecule has 0 saturated carbocycles. The first-order valence-electron chi connectivity index (χ1n) is 21.5. The maximum atomic E-state index is 2.43. The van der Waals surface area contributed by atoms with E-state index in [0.29, 0.717) is 0 Å². The molecule has 10 aromatic carbocycles. The van der Waals surface area contributed by atoms with Crippen LogP contribution in [0.15, 0.2) is 243 Å². The van der Waals surface area contributed by atoms with E-state index in [2.05, 4.69) is 252 Å². The van der Waals surface area contributed by atoms with Gasteiger partial charge < -0.3 is 9.47 Å². The van der Waals surface area contributed by atoms with Crippen molar-refractivity contribution in [2.24, 2.45) is 0 Å². The van der Waals surface area contributed by atoms with E-state index >= 15 is 0 Å². The molecule has 2 heterocycles. The molecule has 2 aromatic heterocycles. The third kappa shape index (κ3) is 6.67. The molecule has 63 heavy (non-hydrogen) atoms. The average Bonchev–Trinajstić information content (AvgIpc) is 3.90. The molecule has 12 aromatic rings. The Morgan fingerprint density at radius 1 is 0.270 bits per heavy atom. The second-order valence-corrected chi connectivity index (χ2v) is 17.2. The number of para-hydroxylation sites is 1. The lowest BCUT2D eigenvalue weighted by molar-refractivity contribution is 1.18. The summed E-state index contributed by atoms with van der Waals surface area (Å²) in [5.74, 6) is 0. The van der Waals surface area contributed by atoms with Gasteiger partial charge in [-0.05, 0) is 123 Å². The normalized spacial score (nSPS) is 11.5. The van der Waals surface area contributed by atoms with E-state index in [0.717, 1.165) is 22.7 Å². The van der Waals surface area contributed by atoms with E-state index in [9.17, 15) is 0 Å². The van der Waals surface area contributed by atoms with Gasteiger partial charge in [0, 0.05) is 53.7 Å². The highest BCUT2D eigenvalue weighted by molar-refractivity contribution is 7.25. The Morgan fingerprint density at radius 2 is 0.714 bits per heavy atom. The van der Waals surface area contributed by atoms with Gasteiger partial charge in [0.05, 0.1) is 11.0 Å². The zero-order valence-corrected chi connectivity index (χ0v) is 35.2. The number of aromatic nitrogens is 1. The van der Waals surface area contributed by atoms with Crippen LogP contribution >= 0.6 is 11.3 Å². The number of hydrogen-bond donors (Lipinski definition) is 0. The lowest BCUT2D eigenvalue weighted by Gasteiger charge is -2.26. The minimum absolute atomic E-state index is 1.11. The summed E-state index contributed by atoms with van der Waals surface area (Å²) in [4.78, 5) is 2.38. The first-order chi connectivity index (χ1) is 31.2. The van der Waals surface area contributed by atoms with Gasteiger partial charge in [0.2, 0.25) is 0 Å². The van der Waals surface area contributed by atoms with E-state index < -0.39 is 0 Å². The zero-order chi connectivity index (χ0) is 41.7. The summed E-state index contributed by atoms with van der Waals surface area (Å²) in [7, 11) is 0. The van der Waals surface area contributed by atoms with Crippen LogP contribution in [0.1, 0.15) is 0 Å². The molecule has 0 aliphatic rings. The maximum absolute atomic E-state index is 2.43. The second-order valence-electron chi connectivity index (χ2n) is 16.2. The van der Waals surface area contributed by atoms with E-state index in [4.69, 9.17) is 0 Å². The molecular formula is C60H40N2S. The first kappa shape index (κ1) is 36.8. The van der Waals surface area contributed by atoms with Crippen LogP contribution in [0.2, 0.25) is 0 Å². The van der Waals surface area contributed by atoms with Crippen molar-refractivity contribution in [3.63, 3.8) is 0 Å². The molecule has 0 aliphatic carbocycles. The number of hydrogen-bond acceptors (Lipinski definition) is 2. The van der Waals surface area contributed by atoms with Crippen LogP contribution < -0.4 is 4.90 Å². The van der Waals surface area contributed by atoms with Gasteiger partial charge in [-0.1, -0.05) is 164 Å². The van der Waals surface area contributed by atoms with Crippen molar-refractivity contribution in [2.75, 3.05) is 4.90 Å². The number of anilines is 3. The molecule has 0 atom stereocenters. The summed E-state index contributed by atoms with van der Waals surface area (Å²) in [6, 6.07) is 88.4. The lowest BCUT2D eigenvalue weighted by atomic mass is 10.0. The van der Waals surface area contributed by atoms with Crippen LogP contribution in [0.4, 0.5) is 17.1 Å². The molecule has 2 nitrogen and oxygen atoms in total. The highest BCUT2D eigenvalue weighted by Gasteiger charge is 2.18. The summed E-state index contributed by atoms with van der Waals surface area (Å²) in [5.41, 5.74) is 16.5. The molecule has 12 rings (SSSR count). The third-order valence-corrected chi connectivity index (χ3v) is 13.5. The summed E-state index contributed by atoms with van der Waals surface area (Å²) in [5, 5.41) is 5.03. The largest absolute Gasteiger partial charge is 0.310 e. The van der Waals surface area contributed by atoms with Crippen molar-refractivity contribution in [1.82, 2.24) is 4.57 Å². The Kier molecular flexibility index (Phi) is 9.06. The standard InChI is InChI=1S/C60H40N2S/c1-4-13-41(14-5-1)44-23-29-49(30-24-44)61(50-31-25-45(26-32-50)42-15-6-2-7-16-42)52-33-36-60-56(40-52)55-38-47(28-35-59(55)63-60)48-27-34-54-53-21-10-11-22-57(53)62(58(54)39-48)51-20-12-19-46(37-51)43-17-8-3-9-18-43/h1-40H. The fourth-order valence-electron chi connectivity index (χ4n) is 9.28. The summed E-state index contributed by atoms with van der Waals surface area (Å²) in [6.07, 6.45) is 0. The smallest absolute Gasteiger partial charge is 0.0547 e. The molecule has 0 bridgehead atoms. The quantitative estimate of drug-likeness (QED) is 0.148. The molecular weight excluding hydrogens is 781 g/mol. The van der Waals surface area contributed by atoms with Crippen molar-refractivity contribution in [3.8, 4) is 50.2 Å². The molecule has 296 valence electrons. The van der Waals surface area contributed by atoms with Gasteiger partial charge in [-0.25, -0.2) is 0 Å². The summed E-state index contributed by atoms with van der Waals surface area (Å²) in [6.45, 7) is 0. The Bertz CT molecular complexity index is 3500. The molecule has 0 saturated heterocycles. The zero-order valence-electron chi connectivity index (χ0n) is 34.4. The van der Waals surface area contributed by atoms with Crippen LogP contribution in [0, 0.1) is 0 Å².